The lowest BCUT2D eigenvalue weighted by Gasteiger charge is -2.32. The second-order valence-electron chi connectivity index (χ2n) is 9.85. The second kappa shape index (κ2) is 10.2. The van der Waals surface area contributed by atoms with Gasteiger partial charge in [0.15, 0.2) is 5.58 Å². The van der Waals surface area contributed by atoms with Crippen molar-refractivity contribution in [2.24, 2.45) is 5.92 Å². The lowest BCUT2D eigenvalue weighted by atomic mass is 9.90. The van der Waals surface area contributed by atoms with Gasteiger partial charge in [0, 0.05) is 45.8 Å². The summed E-state index contributed by atoms with van der Waals surface area (Å²) in [7, 11) is 2.19. The summed E-state index contributed by atoms with van der Waals surface area (Å²) in [6, 6.07) is 16.3. The summed E-state index contributed by atoms with van der Waals surface area (Å²) in [6.07, 6.45) is 3.05. The number of nitrogens with zero attached hydrogens (tertiary/aromatic N) is 4. The molecule has 3 aromatic rings. The van der Waals surface area contributed by atoms with Crippen molar-refractivity contribution in [1.29, 1.82) is 0 Å². The summed E-state index contributed by atoms with van der Waals surface area (Å²) < 4.78 is 6.70. The Labute approximate surface area is 200 Å². The van der Waals surface area contributed by atoms with E-state index in [2.05, 4.69) is 41.1 Å². The number of oxazole rings is 1. The van der Waals surface area contributed by atoms with E-state index in [0.29, 0.717) is 17.0 Å². The van der Waals surface area contributed by atoms with Gasteiger partial charge in [-0.15, -0.1) is 0 Å². The Morgan fingerprint density at radius 1 is 0.912 bits per heavy atom. The standard InChI is InChI=1S/C27H34N4O3/c1-28-14-16-29(17-15-28)19-23-8-6-21(7-9-23)18-22-10-12-30(13-11-22)26(32)20-31-24-4-2-3-5-25(24)34-27(31)33/h2-9,22H,10-20H2,1H3. The van der Waals surface area contributed by atoms with E-state index in [4.69, 9.17) is 4.42 Å². The van der Waals surface area contributed by atoms with Crippen LogP contribution in [0.2, 0.25) is 0 Å². The van der Waals surface area contributed by atoms with E-state index < -0.39 is 5.76 Å². The minimum Gasteiger partial charge on any atom is -0.408 e. The fourth-order valence-corrected chi connectivity index (χ4v) is 5.16. The maximum absolute atomic E-state index is 12.9. The van der Waals surface area contributed by atoms with Gasteiger partial charge >= 0.3 is 5.76 Å². The van der Waals surface area contributed by atoms with Crippen LogP contribution in [0.3, 0.4) is 0 Å². The predicted octanol–water partition coefficient (Wildman–Crippen LogP) is 2.82. The molecule has 7 nitrogen and oxygen atoms in total. The van der Waals surface area contributed by atoms with Crippen LogP contribution < -0.4 is 5.76 Å². The van der Waals surface area contributed by atoms with Crippen LogP contribution in [0.1, 0.15) is 24.0 Å². The Balaban J connectivity index is 1.10. The molecule has 1 aromatic heterocycles. The van der Waals surface area contributed by atoms with Gasteiger partial charge < -0.3 is 14.2 Å². The molecule has 0 spiro atoms. The van der Waals surface area contributed by atoms with Crippen LogP contribution in [0, 0.1) is 5.92 Å². The number of rotatable bonds is 6. The summed E-state index contributed by atoms with van der Waals surface area (Å²) in [5.74, 6) is 0.103. The average Bonchev–Trinajstić information content (AvgIpc) is 3.17. The van der Waals surface area contributed by atoms with E-state index in [1.807, 2.05) is 23.1 Å². The van der Waals surface area contributed by atoms with Gasteiger partial charge in [-0.1, -0.05) is 36.4 Å². The highest BCUT2D eigenvalue weighted by molar-refractivity contribution is 5.79. The van der Waals surface area contributed by atoms with Crippen LogP contribution >= 0.6 is 0 Å². The molecule has 0 radical (unpaired) electrons. The zero-order valence-corrected chi connectivity index (χ0v) is 20.0. The Kier molecular flexibility index (Phi) is 6.83. The lowest BCUT2D eigenvalue weighted by Crippen LogP contribution is -2.43. The molecule has 7 heteroatoms. The van der Waals surface area contributed by atoms with Crippen LogP contribution in [0.15, 0.2) is 57.7 Å². The SMILES string of the molecule is CN1CCN(Cc2ccc(CC3CCN(C(=O)Cn4c(=O)oc5ccccc54)CC3)cc2)CC1. The molecule has 2 saturated heterocycles. The van der Waals surface area contributed by atoms with E-state index in [1.165, 1.54) is 15.7 Å². The number of piperidine rings is 1. The van der Waals surface area contributed by atoms with Gasteiger partial charge in [-0.05, 0) is 55.5 Å². The molecular formula is C27H34N4O3. The van der Waals surface area contributed by atoms with Gasteiger partial charge in [0.25, 0.3) is 0 Å². The van der Waals surface area contributed by atoms with Crippen molar-refractivity contribution in [3.63, 3.8) is 0 Å². The summed E-state index contributed by atoms with van der Waals surface area (Å²) in [5.41, 5.74) is 3.96. The smallest absolute Gasteiger partial charge is 0.408 e. The fraction of sp³-hybridized carbons (Fsp3) is 0.481. The third kappa shape index (κ3) is 5.26. The third-order valence-electron chi connectivity index (χ3n) is 7.38. The number of carbonyl (C=O) groups is 1. The molecule has 3 heterocycles. The van der Waals surface area contributed by atoms with Crippen LogP contribution in [-0.4, -0.2) is 71.5 Å². The highest BCUT2D eigenvalue weighted by Crippen LogP contribution is 2.23. The number of hydrogen-bond acceptors (Lipinski definition) is 5. The van der Waals surface area contributed by atoms with Gasteiger partial charge in [-0.3, -0.25) is 14.3 Å². The van der Waals surface area contributed by atoms with Gasteiger partial charge in [-0.2, -0.15) is 0 Å². The van der Waals surface area contributed by atoms with Crippen LogP contribution in [0.25, 0.3) is 11.1 Å². The molecule has 0 unspecified atom stereocenters. The van der Waals surface area contributed by atoms with Gasteiger partial charge in [-0.25, -0.2) is 4.79 Å². The zero-order chi connectivity index (χ0) is 23.5. The van der Waals surface area contributed by atoms with Crippen molar-refractivity contribution in [1.82, 2.24) is 19.3 Å². The van der Waals surface area contributed by atoms with Crippen LogP contribution in [0.5, 0.6) is 0 Å². The number of hydrogen-bond donors (Lipinski definition) is 0. The predicted molar refractivity (Wildman–Crippen MR) is 133 cm³/mol. The Bertz CT molecular complexity index is 1170. The van der Waals surface area contributed by atoms with Crippen molar-refractivity contribution in [3.8, 4) is 0 Å². The molecule has 180 valence electrons. The Hall–Kier alpha value is -2.90. The van der Waals surface area contributed by atoms with E-state index >= 15 is 0 Å². The maximum Gasteiger partial charge on any atom is 0.420 e. The number of amides is 1. The molecule has 2 aliphatic rings. The number of fused-ring (bicyclic) bond motifs is 1. The number of likely N-dealkylation sites (tertiary alicyclic amines) is 1. The van der Waals surface area contributed by atoms with E-state index in [-0.39, 0.29) is 12.5 Å². The summed E-state index contributed by atoms with van der Waals surface area (Å²) in [4.78, 5) is 31.9. The quantitative estimate of drug-likeness (QED) is 0.564. The van der Waals surface area contributed by atoms with Crippen molar-refractivity contribution in [2.45, 2.75) is 32.4 Å². The van der Waals surface area contributed by atoms with Gasteiger partial charge in [0.1, 0.15) is 6.54 Å². The van der Waals surface area contributed by atoms with Gasteiger partial charge in [0.2, 0.25) is 5.91 Å². The van der Waals surface area contributed by atoms with Crippen molar-refractivity contribution in [3.05, 3.63) is 70.2 Å². The second-order valence-corrected chi connectivity index (χ2v) is 9.85. The number of carbonyl (C=O) groups excluding carboxylic acids is 1. The van der Waals surface area contributed by atoms with Crippen molar-refractivity contribution in [2.75, 3.05) is 46.3 Å². The molecule has 0 atom stereocenters. The highest BCUT2D eigenvalue weighted by atomic mass is 16.4. The third-order valence-corrected chi connectivity index (χ3v) is 7.38. The first-order valence-electron chi connectivity index (χ1n) is 12.4. The number of likely N-dealkylation sites (N-methyl/N-ethyl adjacent to an activating group) is 1. The molecule has 0 saturated carbocycles. The monoisotopic (exact) mass is 462 g/mol. The number of benzene rings is 2. The molecular weight excluding hydrogens is 428 g/mol. The molecule has 2 aromatic carbocycles. The summed E-state index contributed by atoms with van der Waals surface area (Å²) in [5, 5.41) is 0. The zero-order valence-electron chi connectivity index (χ0n) is 20.0. The van der Waals surface area contributed by atoms with Crippen molar-refractivity contribution < 1.29 is 9.21 Å². The van der Waals surface area contributed by atoms with E-state index in [0.717, 1.165) is 65.1 Å². The number of piperazine rings is 1. The highest BCUT2D eigenvalue weighted by Gasteiger charge is 2.24. The molecule has 5 rings (SSSR count). The van der Waals surface area contributed by atoms with Crippen LogP contribution in [-0.2, 0) is 24.3 Å². The average molecular weight is 463 g/mol. The minimum atomic E-state index is -0.472. The molecule has 0 bridgehead atoms. The van der Waals surface area contributed by atoms with E-state index in [1.54, 1.807) is 6.07 Å². The summed E-state index contributed by atoms with van der Waals surface area (Å²) >= 11 is 0. The first-order valence-corrected chi connectivity index (χ1v) is 12.4. The minimum absolute atomic E-state index is 0.0136. The fourth-order valence-electron chi connectivity index (χ4n) is 5.16. The topological polar surface area (TPSA) is 61.9 Å². The Morgan fingerprint density at radius 2 is 1.59 bits per heavy atom. The molecule has 34 heavy (non-hydrogen) atoms. The first-order chi connectivity index (χ1) is 16.5. The molecule has 2 aliphatic heterocycles. The number of aromatic nitrogens is 1. The normalized spacial score (nSPS) is 18.6. The number of para-hydroxylation sites is 2. The first kappa shape index (κ1) is 22.9. The molecule has 2 fully saturated rings. The maximum atomic E-state index is 12.9. The van der Waals surface area contributed by atoms with Crippen LogP contribution in [0.4, 0.5) is 0 Å². The molecule has 0 N–H and O–H groups in total. The van der Waals surface area contributed by atoms with Crippen molar-refractivity contribution >= 4 is 17.0 Å². The molecule has 1 amide bonds. The van der Waals surface area contributed by atoms with Gasteiger partial charge in [0.05, 0.1) is 5.52 Å². The molecule has 0 aliphatic carbocycles. The lowest BCUT2D eigenvalue weighted by molar-refractivity contribution is -0.133. The summed E-state index contributed by atoms with van der Waals surface area (Å²) in [6.45, 7) is 7.13. The van der Waals surface area contributed by atoms with E-state index in [9.17, 15) is 9.59 Å². The largest absolute Gasteiger partial charge is 0.420 e. The Morgan fingerprint density at radius 3 is 2.32 bits per heavy atom.